The van der Waals surface area contributed by atoms with Crippen molar-refractivity contribution in [2.45, 2.75) is 6.43 Å². The first-order valence-electron chi connectivity index (χ1n) is 4.99. The highest BCUT2D eigenvalue weighted by Crippen LogP contribution is 2.29. The number of alkyl halides is 2. The van der Waals surface area contributed by atoms with Crippen LogP contribution in [0, 0.1) is 0 Å². The molecule has 0 radical (unpaired) electrons. The zero-order valence-electron chi connectivity index (χ0n) is 9.10. The summed E-state index contributed by atoms with van der Waals surface area (Å²) in [6.45, 7) is 0. The van der Waals surface area contributed by atoms with Gasteiger partial charge >= 0.3 is 0 Å². The van der Waals surface area contributed by atoms with E-state index in [0.29, 0.717) is 17.4 Å². The van der Waals surface area contributed by atoms with E-state index in [4.69, 9.17) is 0 Å². The SMILES string of the molecule is Cn1cc(C(F)F)c(-c2ccc(C=O)cc2)n1. The average molecular weight is 236 g/mol. The lowest BCUT2D eigenvalue weighted by atomic mass is 10.1. The Kier molecular flexibility index (Phi) is 2.99. The van der Waals surface area contributed by atoms with Gasteiger partial charge in [0.05, 0.1) is 5.56 Å². The van der Waals surface area contributed by atoms with E-state index in [-0.39, 0.29) is 11.3 Å². The summed E-state index contributed by atoms with van der Waals surface area (Å²) in [4.78, 5) is 10.5. The Morgan fingerprint density at radius 1 is 1.29 bits per heavy atom. The van der Waals surface area contributed by atoms with Crippen LogP contribution < -0.4 is 0 Å². The zero-order valence-corrected chi connectivity index (χ0v) is 9.10. The average Bonchev–Trinajstić information content (AvgIpc) is 2.72. The Bertz CT molecular complexity index is 532. The molecule has 0 bridgehead atoms. The van der Waals surface area contributed by atoms with Crippen LogP contribution in [0.15, 0.2) is 30.5 Å². The fraction of sp³-hybridized carbons (Fsp3) is 0.167. The Morgan fingerprint density at radius 3 is 2.47 bits per heavy atom. The molecule has 17 heavy (non-hydrogen) atoms. The molecule has 2 aromatic rings. The van der Waals surface area contributed by atoms with Crippen LogP contribution in [0.5, 0.6) is 0 Å². The summed E-state index contributed by atoms with van der Waals surface area (Å²) in [6, 6.07) is 6.37. The fourth-order valence-electron chi connectivity index (χ4n) is 1.61. The second-order valence-electron chi connectivity index (χ2n) is 3.65. The molecule has 2 rings (SSSR count). The Labute approximate surface area is 96.7 Å². The molecule has 5 heteroatoms. The summed E-state index contributed by atoms with van der Waals surface area (Å²) in [7, 11) is 1.59. The van der Waals surface area contributed by atoms with Crippen LogP contribution >= 0.6 is 0 Å². The minimum atomic E-state index is -2.57. The standard InChI is InChI=1S/C12H10F2N2O/c1-16-6-10(12(13)14)11(15-16)9-4-2-8(7-17)3-5-9/h2-7,12H,1H3. The number of carbonyl (C=O) groups is 1. The van der Waals surface area contributed by atoms with Gasteiger partial charge in [-0.05, 0) is 0 Å². The minimum absolute atomic E-state index is 0.105. The number of nitrogens with zero attached hydrogens (tertiary/aromatic N) is 2. The van der Waals surface area contributed by atoms with Crippen LogP contribution in [0.4, 0.5) is 8.78 Å². The van der Waals surface area contributed by atoms with Crippen molar-refractivity contribution < 1.29 is 13.6 Å². The van der Waals surface area contributed by atoms with Crippen LogP contribution in [0.25, 0.3) is 11.3 Å². The first kappa shape index (κ1) is 11.4. The van der Waals surface area contributed by atoms with E-state index >= 15 is 0 Å². The smallest absolute Gasteiger partial charge is 0.267 e. The van der Waals surface area contributed by atoms with Gasteiger partial charge in [-0.25, -0.2) is 8.78 Å². The van der Waals surface area contributed by atoms with E-state index < -0.39 is 6.43 Å². The van der Waals surface area contributed by atoms with Gasteiger partial charge in [-0.3, -0.25) is 9.48 Å². The fourth-order valence-corrected chi connectivity index (χ4v) is 1.61. The maximum atomic E-state index is 12.8. The van der Waals surface area contributed by atoms with Crippen molar-refractivity contribution in [3.05, 3.63) is 41.6 Å². The molecule has 0 aliphatic heterocycles. The van der Waals surface area contributed by atoms with Crippen molar-refractivity contribution in [3.8, 4) is 11.3 Å². The molecule has 0 unspecified atom stereocenters. The van der Waals surface area contributed by atoms with Crippen LogP contribution in [0.1, 0.15) is 22.3 Å². The maximum Gasteiger partial charge on any atom is 0.267 e. The quantitative estimate of drug-likeness (QED) is 0.768. The molecule has 0 N–H and O–H groups in total. The highest BCUT2D eigenvalue weighted by atomic mass is 19.3. The zero-order chi connectivity index (χ0) is 12.4. The predicted molar refractivity (Wildman–Crippen MR) is 59.0 cm³/mol. The van der Waals surface area contributed by atoms with E-state index in [0.717, 1.165) is 0 Å². The molecule has 0 aliphatic rings. The van der Waals surface area contributed by atoms with E-state index in [1.807, 2.05) is 0 Å². The highest BCUT2D eigenvalue weighted by molar-refractivity contribution is 5.76. The molecule has 88 valence electrons. The topological polar surface area (TPSA) is 34.9 Å². The number of benzene rings is 1. The third-order valence-corrected chi connectivity index (χ3v) is 2.41. The molecule has 0 amide bonds. The summed E-state index contributed by atoms with van der Waals surface area (Å²) < 4.78 is 26.9. The molecule has 0 aliphatic carbocycles. The van der Waals surface area contributed by atoms with Crippen LogP contribution in [0.2, 0.25) is 0 Å². The first-order chi connectivity index (χ1) is 8.11. The number of rotatable bonds is 3. The van der Waals surface area contributed by atoms with Crippen molar-refractivity contribution in [2.75, 3.05) is 0 Å². The summed E-state index contributed by atoms with van der Waals surface area (Å²) in [5.41, 5.74) is 1.22. The second-order valence-corrected chi connectivity index (χ2v) is 3.65. The Balaban J connectivity index is 2.47. The van der Waals surface area contributed by atoms with E-state index in [9.17, 15) is 13.6 Å². The largest absolute Gasteiger partial charge is 0.298 e. The van der Waals surface area contributed by atoms with E-state index in [1.165, 1.54) is 10.9 Å². The summed E-state index contributed by atoms with van der Waals surface area (Å²) in [5, 5.41) is 4.01. The highest BCUT2D eigenvalue weighted by Gasteiger charge is 2.17. The molecular weight excluding hydrogens is 226 g/mol. The Morgan fingerprint density at radius 2 is 1.94 bits per heavy atom. The molecular formula is C12H10F2N2O. The third-order valence-electron chi connectivity index (χ3n) is 2.41. The second kappa shape index (κ2) is 4.45. The van der Waals surface area contributed by atoms with Gasteiger partial charge in [-0.2, -0.15) is 5.10 Å². The number of hydrogen-bond donors (Lipinski definition) is 0. The number of halogens is 2. The normalized spacial score (nSPS) is 10.8. The lowest BCUT2D eigenvalue weighted by Crippen LogP contribution is -1.89. The molecule has 0 saturated carbocycles. The monoisotopic (exact) mass is 236 g/mol. The van der Waals surface area contributed by atoms with Gasteiger partial charge in [-0.15, -0.1) is 0 Å². The van der Waals surface area contributed by atoms with Gasteiger partial charge in [0.1, 0.15) is 12.0 Å². The number of aldehydes is 1. The third kappa shape index (κ3) is 2.22. The van der Waals surface area contributed by atoms with Crippen molar-refractivity contribution in [2.24, 2.45) is 7.05 Å². The summed E-state index contributed by atoms with van der Waals surface area (Å²) >= 11 is 0. The van der Waals surface area contributed by atoms with Crippen molar-refractivity contribution in [1.29, 1.82) is 0 Å². The predicted octanol–water partition coefficient (Wildman–Crippen LogP) is 2.84. The molecule has 1 aromatic carbocycles. The van der Waals surface area contributed by atoms with Crippen molar-refractivity contribution in [3.63, 3.8) is 0 Å². The molecule has 0 saturated heterocycles. The van der Waals surface area contributed by atoms with Gasteiger partial charge in [0.15, 0.2) is 0 Å². The van der Waals surface area contributed by atoms with Crippen molar-refractivity contribution in [1.82, 2.24) is 9.78 Å². The summed E-state index contributed by atoms with van der Waals surface area (Å²) in [6.07, 6.45) is -0.561. The van der Waals surface area contributed by atoms with Gasteiger partial charge in [-0.1, -0.05) is 24.3 Å². The van der Waals surface area contributed by atoms with E-state index in [2.05, 4.69) is 5.10 Å². The summed E-state index contributed by atoms with van der Waals surface area (Å²) in [5.74, 6) is 0. The lowest BCUT2D eigenvalue weighted by molar-refractivity contribution is 0.112. The van der Waals surface area contributed by atoms with Gasteiger partial charge in [0.25, 0.3) is 6.43 Å². The van der Waals surface area contributed by atoms with Gasteiger partial charge in [0, 0.05) is 24.4 Å². The molecule has 1 heterocycles. The van der Waals surface area contributed by atoms with Gasteiger partial charge in [0.2, 0.25) is 0 Å². The van der Waals surface area contributed by atoms with Crippen molar-refractivity contribution >= 4 is 6.29 Å². The lowest BCUT2D eigenvalue weighted by Gasteiger charge is -2.01. The van der Waals surface area contributed by atoms with Gasteiger partial charge < -0.3 is 0 Å². The molecule has 0 fully saturated rings. The number of carbonyl (C=O) groups excluding carboxylic acids is 1. The van der Waals surface area contributed by atoms with Crippen LogP contribution in [-0.4, -0.2) is 16.1 Å². The van der Waals surface area contributed by atoms with E-state index in [1.54, 1.807) is 31.3 Å². The molecule has 0 atom stereocenters. The number of hydrogen-bond acceptors (Lipinski definition) is 2. The first-order valence-corrected chi connectivity index (χ1v) is 4.99. The minimum Gasteiger partial charge on any atom is -0.298 e. The Hall–Kier alpha value is -2.04. The molecule has 3 nitrogen and oxygen atoms in total. The molecule has 0 spiro atoms. The molecule has 1 aromatic heterocycles. The van der Waals surface area contributed by atoms with Crippen LogP contribution in [0.3, 0.4) is 0 Å². The number of aryl methyl sites for hydroxylation is 1. The van der Waals surface area contributed by atoms with Crippen LogP contribution in [-0.2, 0) is 7.05 Å². The maximum absolute atomic E-state index is 12.8. The number of aromatic nitrogens is 2.